The topological polar surface area (TPSA) is 52.6 Å². The van der Waals surface area contributed by atoms with E-state index in [0.29, 0.717) is 36.7 Å². The second-order valence-electron chi connectivity index (χ2n) is 11.2. The maximum atomic E-state index is 13.4. The van der Waals surface area contributed by atoms with Crippen LogP contribution >= 0.6 is 35.6 Å². The van der Waals surface area contributed by atoms with Crippen molar-refractivity contribution in [1.82, 2.24) is 0 Å². The third-order valence-corrected chi connectivity index (χ3v) is 14.9. The molecule has 4 fully saturated rings. The van der Waals surface area contributed by atoms with Crippen LogP contribution in [0.15, 0.2) is 60.7 Å². The number of esters is 2. The Balaban J connectivity index is 1.44. The van der Waals surface area contributed by atoms with Crippen LogP contribution in [-0.2, 0) is 9.47 Å². The van der Waals surface area contributed by atoms with Crippen molar-refractivity contribution in [2.75, 3.05) is 13.3 Å². The zero-order valence-electron chi connectivity index (χ0n) is 20.7. The number of carbonyl (C=O) groups is 2. The molecule has 0 saturated heterocycles. The summed E-state index contributed by atoms with van der Waals surface area (Å²) in [5.74, 6) is 0.220. The summed E-state index contributed by atoms with van der Waals surface area (Å²) in [5, 5.41) is -0.0498. The predicted molar refractivity (Wildman–Crippen MR) is 156 cm³/mol. The number of fused-ring (bicyclic) bond motifs is 9. The van der Waals surface area contributed by atoms with E-state index in [0.717, 1.165) is 15.0 Å². The number of hydrogen-bond donors (Lipinski definition) is 0. The number of benzene rings is 2. The number of carbonyl (C=O) groups excluding carboxylic acids is 2. The van der Waals surface area contributed by atoms with E-state index in [1.807, 2.05) is 36.4 Å². The molecule has 190 valence electrons. The quantitative estimate of drug-likeness (QED) is 0.263. The van der Waals surface area contributed by atoms with Gasteiger partial charge in [-0.2, -0.15) is 0 Å². The van der Waals surface area contributed by atoms with Crippen LogP contribution in [0.3, 0.4) is 0 Å². The summed E-state index contributed by atoms with van der Waals surface area (Å²) in [7, 11) is 7.89. The molecule has 0 amide bonds. The summed E-state index contributed by atoms with van der Waals surface area (Å²) in [6.45, 7) is 4.64. The number of ether oxygens (including phenoxy) is 2. The van der Waals surface area contributed by atoms with Gasteiger partial charge < -0.3 is 9.47 Å². The van der Waals surface area contributed by atoms with Gasteiger partial charge in [0.2, 0.25) is 0 Å². The Kier molecular flexibility index (Phi) is 6.22. The maximum Gasteiger partial charge on any atom is 0.338 e. The highest BCUT2D eigenvalue weighted by Gasteiger charge is 2.84. The molecule has 0 radical (unpaired) electrons. The van der Waals surface area contributed by atoms with Crippen LogP contribution in [0, 0.1) is 11.8 Å². The lowest BCUT2D eigenvalue weighted by Gasteiger charge is -2.55. The second kappa shape index (κ2) is 8.82. The van der Waals surface area contributed by atoms with Crippen molar-refractivity contribution in [3.8, 4) is 0 Å². The van der Waals surface area contributed by atoms with Gasteiger partial charge in [-0.1, -0.05) is 36.4 Å². The van der Waals surface area contributed by atoms with Gasteiger partial charge >= 0.3 is 11.9 Å². The highest BCUT2D eigenvalue weighted by molar-refractivity contribution is 7.41. The van der Waals surface area contributed by atoms with Gasteiger partial charge in [0.05, 0.1) is 11.1 Å². The van der Waals surface area contributed by atoms with Crippen molar-refractivity contribution in [3.05, 3.63) is 71.8 Å². The van der Waals surface area contributed by atoms with E-state index < -0.39 is 12.2 Å². The molecule has 4 bridgehead atoms. The third-order valence-electron chi connectivity index (χ3n) is 9.72. The van der Waals surface area contributed by atoms with E-state index in [4.69, 9.17) is 9.47 Å². The standard InChI is InChI=1S/C28H34O4P4/c1-35-26-14-13-25(33,15-26)19-20(26)28(36-2)16-27(19,34)21(31-23(29)17-9-5-3-6-10-17)22(28)32-24(30)18-11-7-4-8-12-18/h3-12,19-22,35-36H,13-16,33-34H2,1-2H3. The number of hydrogen-bond acceptors (Lipinski definition) is 4. The molecule has 4 saturated carbocycles. The molecule has 4 aliphatic rings. The van der Waals surface area contributed by atoms with Crippen molar-refractivity contribution < 1.29 is 19.1 Å². The van der Waals surface area contributed by atoms with E-state index in [1.54, 1.807) is 24.3 Å². The average molecular weight is 558 g/mol. The first-order valence-electron chi connectivity index (χ1n) is 12.7. The van der Waals surface area contributed by atoms with Gasteiger partial charge in [0, 0.05) is 10.3 Å². The molecule has 4 nitrogen and oxygen atoms in total. The molecule has 8 heteroatoms. The van der Waals surface area contributed by atoms with E-state index in [9.17, 15) is 9.59 Å². The van der Waals surface area contributed by atoms with Crippen LogP contribution in [0.25, 0.3) is 0 Å². The van der Waals surface area contributed by atoms with Crippen LogP contribution in [0.5, 0.6) is 0 Å². The van der Waals surface area contributed by atoms with Gasteiger partial charge in [0.15, 0.2) is 0 Å². The fourth-order valence-corrected chi connectivity index (χ4v) is 14.7. The van der Waals surface area contributed by atoms with Crippen LogP contribution < -0.4 is 0 Å². The van der Waals surface area contributed by atoms with E-state index in [1.165, 1.54) is 19.3 Å². The Labute approximate surface area is 221 Å². The summed E-state index contributed by atoms with van der Waals surface area (Å²) in [4.78, 5) is 26.8. The fourth-order valence-electron chi connectivity index (χ4n) is 8.48. The summed E-state index contributed by atoms with van der Waals surface area (Å²) in [6, 6.07) is 18.4. The Morgan fingerprint density at radius 3 is 1.86 bits per heavy atom. The normalized spacial score (nSPS) is 42.4. The highest BCUT2D eigenvalue weighted by Crippen LogP contribution is 2.83. The van der Waals surface area contributed by atoms with Crippen molar-refractivity contribution >= 4 is 47.6 Å². The first-order chi connectivity index (χ1) is 17.2. The van der Waals surface area contributed by atoms with Crippen LogP contribution in [0.2, 0.25) is 0 Å². The Hall–Kier alpha value is -0.900. The molecule has 2 aromatic rings. The summed E-state index contributed by atoms with van der Waals surface area (Å²) < 4.78 is 12.9. The highest BCUT2D eigenvalue weighted by atomic mass is 31.1. The summed E-state index contributed by atoms with van der Waals surface area (Å²) in [6.07, 6.45) is 3.61. The minimum Gasteiger partial charge on any atom is -0.454 e. The van der Waals surface area contributed by atoms with Gasteiger partial charge in [-0.15, -0.1) is 35.6 Å². The Bertz CT molecular complexity index is 1190. The monoisotopic (exact) mass is 558 g/mol. The van der Waals surface area contributed by atoms with E-state index in [2.05, 4.69) is 31.8 Å². The van der Waals surface area contributed by atoms with Gasteiger partial charge in [0.25, 0.3) is 0 Å². The minimum atomic E-state index is -0.495. The molecule has 0 spiro atoms. The van der Waals surface area contributed by atoms with Gasteiger partial charge in [0.1, 0.15) is 12.2 Å². The van der Waals surface area contributed by atoms with Crippen molar-refractivity contribution in [3.63, 3.8) is 0 Å². The molecule has 6 rings (SSSR count). The molecule has 12 unspecified atom stereocenters. The summed E-state index contributed by atoms with van der Waals surface area (Å²) in [5.41, 5.74) is 1.08. The number of rotatable bonds is 6. The molecular formula is C28H34O4P4. The first kappa shape index (κ1) is 25.4. The fraction of sp³-hybridized carbons (Fsp3) is 0.500. The lowest BCUT2D eigenvalue weighted by molar-refractivity contribution is -0.0715. The van der Waals surface area contributed by atoms with Crippen LogP contribution in [0.4, 0.5) is 0 Å². The zero-order valence-corrected chi connectivity index (χ0v) is 25.0. The van der Waals surface area contributed by atoms with Gasteiger partial charge in [-0.25, -0.2) is 9.59 Å². The lowest BCUT2D eigenvalue weighted by Crippen LogP contribution is -2.62. The smallest absolute Gasteiger partial charge is 0.338 e. The van der Waals surface area contributed by atoms with E-state index in [-0.39, 0.29) is 27.4 Å². The largest absolute Gasteiger partial charge is 0.454 e. The molecule has 36 heavy (non-hydrogen) atoms. The minimum absolute atomic E-state index is 0.155. The zero-order chi connectivity index (χ0) is 25.3. The lowest BCUT2D eigenvalue weighted by atomic mass is 9.67. The molecule has 0 aliphatic heterocycles. The molecule has 0 N–H and O–H groups in total. The van der Waals surface area contributed by atoms with Crippen LogP contribution in [-0.4, -0.2) is 58.1 Å². The molecule has 0 heterocycles. The summed E-state index contributed by atoms with van der Waals surface area (Å²) >= 11 is 0. The molecular weight excluding hydrogens is 524 g/mol. The predicted octanol–water partition coefficient (Wildman–Crippen LogP) is 5.61. The van der Waals surface area contributed by atoms with Crippen molar-refractivity contribution in [1.29, 1.82) is 0 Å². The molecule has 2 aromatic carbocycles. The van der Waals surface area contributed by atoms with Crippen LogP contribution in [0.1, 0.15) is 46.4 Å². The molecule has 12 atom stereocenters. The SMILES string of the molecule is CPC12CCC(P)(C1)C1C2C2(PC)CC1(P)C(OC(=O)c1ccccc1)C2OC(=O)c1ccccc1. The Morgan fingerprint density at radius 1 is 0.778 bits per heavy atom. The molecule has 0 aromatic heterocycles. The van der Waals surface area contributed by atoms with E-state index >= 15 is 0 Å². The molecule has 4 aliphatic carbocycles. The second-order valence-corrected chi connectivity index (χ2v) is 16.4. The Morgan fingerprint density at radius 2 is 1.33 bits per heavy atom. The van der Waals surface area contributed by atoms with Gasteiger partial charge in [-0.05, 0) is 85.4 Å². The van der Waals surface area contributed by atoms with Crippen molar-refractivity contribution in [2.24, 2.45) is 11.8 Å². The first-order valence-corrected chi connectivity index (χ1v) is 16.9. The van der Waals surface area contributed by atoms with Crippen molar-refractivity contribution in [2.45, 2.75) is 58.5 Å². The maximum absolute atomic E-state index is 13.4. The average Bonchev–Trinajstić information content (AvgIpc) is 3.56. The third kappa shape index (κ3) is 3.40. The van der Waals surface area contributed by atoms with Gasteiger partial charge in [-0.3, -0.25) is 0 Å².